The third-order valence-corrected chi connectivity index (χ3v) is 2.80. The van der Waals surface area contributed by atoms with Crippen LogP contribution in [-0.4, -0.2) is 11.9 Å². The average molecular weight is 285 g/mol. The van der Waals surface area contributed by atoms with Crippen LogP contribution in [0.5, 0.6) is 0 Å². The Bertz CT molecular complexity index is 685. The van der Waals surface area contributed by atoms with E-state index in [4.69, 9.17) is 14.9 Å². The first kappa shape index (κ1) is 14.6. The smallest absolute Gasteiger partial charge is 0.331 e. The molecule has 0 aliphatic heterocycles. The Balaban J connectivity index is 1.95. The van der Waals surface area contributed by atoms with Crippen molar-refractivity contribution in [2.45, 2.75) is 13.5 Å². The summed E-state index contributed by atoms with van der Waals surface area (Å²) in [6.45, 7) is 1.80. The molecule has 0 saturated heterocycles. The van der Waals surface area contributed by atoms with Crippen molar-refractivity contribution in [1.29, 1.82) is 0 Å². The quantitative estimate of drug-likeness (QED) is 0.675. The zero-order valence-electron chi connectivity index (χ0n) is 11.5. The molecular formula is C16H15NO4. The van der Waals surface area contributed by atoms with E-state index in [1.165, 1.54) is 12.2 Å². The highest BCUT2D eigenvalue weighted by molar-refractivity contribution is 5.94. The van der Waals surface area contributed by atoms with E-state index in [2.05, 4.69) is 0 Å². The summed E-state index contributed by atoms with van der Waals surface area (Å²) >= 11 is 0. The molecule has 0 aliphatic rings. The molecule has 0 fully saturated rings. The third-order valence-electron chi connectivity index (χ3n) is 2.80. The number of hydrogen-bond donors (Lipinski definition) is 1. The van der Waals surface area contributed by atoms with Crippen molar-refractivity contribution in [2.75, 3.05) is 0 Å². The molecule has 0 radical (unpaired) electrons. The second kappa shape index (κ2) is 6.56. The van der Waals surface area contributed by atoms with Crippen LogP contribution in [0.25, 0.3) is 6.08 Å². The van der Waals surface area contributed by atoms with Gasteiger partial charge in [-0.3, -0.25) is 4.79 Å². The van der Waals surface area contributed by atoms with Crippen LogP contribution >= 0.6 is 0 Å². The number of benzene rings is 1. The second-order valence-electron chi connectivity index (χ2n) is 4.41. The Morgan fingerprint density at radius 1 is 1.24 bits per heavy atom. The van der Waals surface area contributed by atoms with Crippen LogP contribution in [0.2, 0.25) is 0 Å². The minimum Gasteiger partial charge on any atom is -0.462 e. The number of esters is 1. The minimum absolute atomic E-state index is 0.0144. The van der Waals surface area contributed by atoms with Crippen molar-refractivity contribution in [2.24, 2.45) is 5.73 Å². The van der Waals surface area contributed by atoms with Gasteiger partial charge in [0.05, 0.1) is 0 Å². The predicted octanol–water partition coefficient (Wildman–Crippen LogP) is 2.44. The normalized spacial score (nSPS) is 10.7. The van der Waals surface area contributed by atoms with E-state index in [-0.39, 0.29) is 6.61 Å². The van der Waals surface area contributed by atoms with Crippen LogP contribution in [0, 0.1) is 6.92 Å². The van der Waals surface area contributed by atoms with Crippen molar-refractivity contribution in [3.8, 4) is 0 Å². The number of rotatable bonds is 5. The molecule has 1 aromatic carbocycles. The van der Waals surface area contributed by atoms with Crippen LogP contribution in [0.1, 0.15) is 27.4 Å². The van der Waals surface area contributed by atoms with E-state index in [1.54, 1.807) is 36.4 Å². The van der Waals surface area contributed by atoms with Crippen molar-refractivity contribution < 1.29 is 18.7 Å². The Morgan fingerprint density at radius 2 is 2.00 bits per heavy atom. The maximum Gasteiger partial charge on any atom is 0.331 e. The van der Waals surface area contributed by atoms with Gasteiger partial charge < -0.3 is 14.9 Å². The Hall–Kier alpha value is -2.82. The first-order valence-corrected chi connectivity index (χ1v) is 6.35. The van der Waals surface area contributed by atoms with Crippen LogP contribution in [-0.2, 0) is 16.1 Å². The van der Waals surface area contributed by atoms with E-state index in [0.717, 1.165) is 5.76 Å². The van der Waals surface area contributed by atoms with Gasteiger partial charge in [-0.25, -0.2) is 4.79 Å². The number of ether oxygens (including phenoxy) is 1. The number of hydrogen-bond acceptors (Lipinski definition) is 4. The molecule has 2 aromatic rings. The highest BCUT2D eigenvalue weighted by Crippen LogP contribution is 2.11. The monoisotopic (exact) mass is 285 g/mol. The molecule has 2 N–H and O–H groups in total. The molecule has 5 heteroatoms. The van der Waals surface area contributed by atoms with Crippen molar-refractivity contribution in [3.63, 3.8) is 0 Å². The second-order valence-corrected chi connectivity index (χ2v) is 4.41. The van der Waals surface area contributed by atoms with Gasteiger partial charge in [0.2, 0.25) is 5.91 Å². The van der Waals surface area contributed by atoms with Crippen molar-refractivity contribution in [1.82, 2.24) is 0 Å². The van der Waals surface area contributed by atoms with Gasteiger partial charge in [-0.15, -0.1) is 0 Å². The molecule has 0 aliphatic carbocycles. The average Bonchev–Trinajstić information content (AvgIpc) is 2.88. The van der Waals surface area contributed by atoms with Gasteiger partial charge in [-0.1, -0.05) is 18.2 Å². The van der Waals surface area contributed by atoms with Crippen LogP contribution < -0.4 is 5.73 Å². The molecule has 21 heavy (non-hydrogen) atoms. The zero-order valence-corrected chi connectivity index (χ0v) is 11.5. The molecule has 1 aromatic heterocycles. The Kier molecular flexibility index (Phi) is 4.56. The van der Waals surface area contributed by atoms with E-state index < -0.39 is 11.9 Å². The number of primary amides is 1. The Morgan fingerprint density at radius 3 is 2.67 bits per heavy atom. The standard InChI is InChI=1S/C16H15NO4/c1-11-6-7-13(21-11)8-9-15(18)20-10-12-4-2-3-5-14(12)16(17)19/h2-9H,10H2,1H3,(H2,17,19)/b9-8+. The number of furan rings is 1. The van der Waals surface area contributed by atoms with Gasteiger partial charge in [0.1, 0.15) is 18.1 Å². The molecule has 0 spiro atoms. The van der Waals surface area contributed by atoms with Gasteiger partial charge in [0.25, 0.3) is 0 Å². The summed E-state index contributed by atoms with van der Waals surface area (Å²) < 4.78 is 10.4. The number of aryl methyl sites for hydroxylation is 1. The van der Waals surface area contributed by atoms with E-state index in [9.17, 15) is 9.59 Å². The SMILES string of the molecule is Cc1ccc(/C=C/C(=O)OCc2ccccc2C(N)=O)o1. The van der Waals surface area contributed by atoms with Gasteiger partial charge in [-0.05, 0) is 31.2 Å². The summed E-state index contributed by atoms with van der Waals surface area (Å²) in [5.74, 6) is 0.256. The van der Waals surface area contributed by atoms with E-state index in [0.29, 0.717) is 16.9 Å². The summed E-state index contributed by atoms with van der Waals surface area (Å²) in [4.78, 5) is 22.8. The number of nitrogens with two attached hydrogens (primary N) is 1. The predicted molar refractivity (Wildman–Crippen MR) is 77.2 cm³/mol. The highest BCUT2D eigenvalue weighted by atomic mass is 16.5. The summed E-state index contributed by atoms with van der Waals surface area (Å²) in [6, 6.07) is 10.3. The minimum atomic E-state index is -0.553. The van der Waals surface area contributed by atoms with Crippen LogP contribution in [0.15, 0.2) is 46.9 Å². The maximum atomic E-state index is 11.6. The fourth-order valence-electron chi connectivity index (χ4n) is 1.78. The number of carbonyl (C=O) groups is 2. The lowest BCUT2D eigenvalue weighted by Crippen LogP contribution is -2.14. The van der Waals surface area contributed by atoms with Gasteiger partial charge in [-0.2, -0.15) is 0 Å². The molecule has 0 bridgehead atoms. The number of amides is 1. The Labute approximate surface area is 122 Å². The summed E-state index contributed by atoms with van der Waals surface area (Å²) in [5, 5.41) is 0. The number of carbonyl (C=O) groups excluding carboxylic acids is 2. The first-order chi connectivity index (χ1) is 10.1. The molecule has 2 rings (SSSR count). The highest BCUT2D eigenvalue weighted by Gasteiger charge is 2.08. The fraction of sp³-hybridized carbons (Fsp3) is 0.125. The molecule has 0 unspecified atom stereocenters. The molecule has 0 atom stereocenters. The molecule has 108 valence electrons. The van der Waals surface area contributed by atoms with Gasteiger partial charge >= 0.3 is 5.97 Å². The van der Waals surface area contributed by atoms with Crippen LogP contribution in [0.3, 0.4) is 0 Å². The largest absolute Gasteiger partial charge is 0.462 e. The van der Waals surface area contributed by atoms with Crippen molar-refractivity contribution >= 4 is 18.0 Å². The summed E-state index contributed by atoms with van der Waals surface area (Å²) in [5.41, 5.74) is 6.17. The summed E-state index contributed by atoms with van der Waals surface area (Å²) in [6.07, 6.45) is 2.79. The third kappa shape index (κ3) is 4.07. The lowest BCUT2D eigenvalue weighted by Gasteiger charge is -2.06. The zero-order chi connectivity index (χ0) is 15.2. The van der Waals surface area contributed by atoms with Crippen molar-refractivity contribution in [3.05, 3.63) is 65.1 Å². The lowest BCUT2D eigenvalue weighted by molar-refractivity contribution is -0.138. The summed E-state index contributed by atoms with van der Waals surface area (Å²) in [7, 11) is 0. The topological polar surface area (TPSA) is 82.5 Å². The molecular weight excluding hydrogens is 270 g/mol. The maximum absolute atomic E-state index is 11.6. The van der Waals surface area contributed by atoms with E-state index >= 15 is 0 Å². The van der Waals surface area contributed by atoms with Gasteiger partial charge in [0, 0.05) is 17.2 Å². The molecule has 1 amide bonds. The first-order valence-electron chi connectivity index (χ1n) is 6.35. The molecule has 0 saturated carbocycles. The van der Waals surface area contributed by atoms with E-state index in [1.807, 2.05) is 6.92 Å². The lowest BCUT2D eigenvalue weighted by atomic mass is 10.1. The fourth-order valence-corrected chi connectivity index (χ4v) is 1.78. The molecule has 5 nitrogen and oxygen atoms in total. The van der Waals surface area contributed by atoms with Gasteiger partial charge in [0.15, 0.2) is 0 Å². The molecule has 1 heterocycles. The van der Waals surface area contributed by atoms with Crippen LogP contribution in [0.4, 0.5) is 0 Å².